The van der Waals surface area contributed by atoms with Gasteiger partial charge in [-0.05, 0) is 31.2 Å². The quantitative estimate of drug-likeness (QED) is 0.532. The van der Waals surface area contributed by atoms with Crippen LogP contribution >= 0.6 is 0 Å². The lowest BCUT2D eigenvalue weighted by molar-refractivity contribution is 0.0525. The Morgan fingerprint density at radius 1 is 1.04 bits per heavy atom. The van der Waals surface area contributed by atoms with Crippen molar-refractivity contribution in [3.05, 3.63) is 76.5 Å². The van der Waals surface area contributed by atoms with Crippen molar-refractivity contribution in [3.8, 4) is 11.4 Å². The van der Waals surface area contributed by atoms with Crippen molar-refractivity contribution in [3.63, 3.8) is 0 Å². The minimum atomic E-state index is -0.769. The molecule has 2 aromatic carbocycles. The Labute approximate surface area is 160 Å². The predicted molar refractivity (Wildman–Crippen MR) is 101 cm³/mol. The van der Waals surface area contributed by atoms with Crippen LogP contribution < -0.4 is 5.73 Å². The van der Waals surface area contributed by atoms with E-state index in [1.807, 2.05) is 0 Å². The summed E-state index contributed by atoms with van der Waals surface area (Å²) in [4.78, 5) is 39.0. The second-order valence-electron chi connectivity index (χ2n) is 6.26. The van der Waals surface area contributed by atoms with Gasteiger partial charge in [0.25, 0.3) is 0 Å². The van der Waals surface area contributed by atoms with Crippen molar-refractivity contribution in [1.29, 1.82) is 0 Å². The summed E-state index contributed by atoms with van der Waals surface area (Å²) in [7, 11) is 0. The summed E-state index contributed by atoms with van der Waals surface area (Å²) in [5.41, 5.74) is 6.95. The number of carbonyl (C=O) groups excluding carboxylic acids is 3. The summed E-state index contributed by atoms with van der Waals surface area (Å²) in [6, 6.07) is 12.4. The molecule has 7 nitrogen and oxygen atoms in total. The Hall–Kier alpha value is -3.87. The molecule has 3 aromatic rings. The molecule has 0 saturated heterocycles. The number of rotatable bonds is 3. The van der Waals surface area contributed by atoms with Gasteiger partial charge in [0.2, 0.25) is 5.78 Å². The first kappa shape index (κ1) is 17.5. The lowest BCUT2D eigenvalue weighted by Gasteiger charge is -2.17. The van der Waals surface area contributed by atoms with Gasteiger partial charge in [-0.2, -0.15) is 0 Å². The molecule has 0 saturated carbocycles. The predicted octanol–water partition coefficient (Wildman–Crippen LogP) is 2.72. The molecule has 140 valence electrons. The Morgan fingerprint density at radius 3 is 2.25 bits per heavy atom. The molecule has 1 heterocycles. The SMILES string of the molecule is CCOC(=O)c1c2c(n(-c3ccc(O)cc3)c1N)C(=O)c1ccccc1C2=O. The molecule has 0 aliphatic heterocycles. The van der Waals surface area contributed by atoms with Crippen molar-refractivity contribution in [1.82, 2.24) is 4.57 Å². The van der Waals surface area contributed by atoms with Crippen LogP contribution in [-0.4, -0.2) is 33.8 Å². The molecule has 0 spiro atoms. The largest absolute Gasteiger partial charge is 0.508 e. The highest BCUT2D eigenvalue weighted by Crippen LogP contribution is 2.37. The van der Waals surface area contributed by atoms with E-state index >= 15 is 0 Å². The van der Waals surface area contributed by atoms with E-state index in [-0.39, 0.29) is 46.1 Å². The summed E-state index contributed by atoms with van der Waals surface area (Å²) >= 11 is 0. The maximum atomic E-state index is 13.2. The van der Waals surface area contributed by atoms with E-state index in [1.54, 1.807) is 43.3 Å². The number of aromatic hydroxyl groups is 1. The van der Waals surface area contributed by atoms with Gasteiger partial charge >= 0.3 is 5.97 Å². The van der Waals surface area contributed by atoms with Crippen LogP contribution in [0.5, 0.6) is 5.75 Å². The van der Waals surface area contributed by atoms with Crippen LogP contribution in [0.25, 0.3) is 5.69 Å². The molecule has 0 unspecified atom stereocenters. The van der Waals surface area contributed by atoms with Crippen LogP contribution in [-0.2, 0) is 4.74 Å². The summed E-state index contributed by atoms with van der Waals surface area (Å²) in [6.07, 6.45) is 0. The van der Waals surface area contributed by atoms with Gasteiger partial charge in [0.1, 0.15) is 22.8 Å². The summed E-state index contributed by atoms with van der Waals surface area (Å²) < 4.78 is 6.44. The molecule has 0 radical (unpaired) electrons. The summed E-state index contributed by atoms with van der Waals surface area (Å²) in [5, 5.41) is 9.56. The van der Waals surface area contributed by atoms with Gasteiger partial charge in [0.15, 0.2) is 5.78 Å². The van der Waals surface area contributed by atoms with Crippen LogP contribution in [0.1, 0.15) is 49.3 Å². The lowest BCUT2D eigenvalue weighted by Crippen LogP contribution is -2.23. The van der Waals surface area contributed by atoms with Gasteiger partial charge in [0.05, 0.1) is 12.2 Å². The number of hydrogen-bond donors (Lipinski definition) is 2. The molecule has 0 fully saturated rings. The highest BCUT2D eigenvalue weighted by molar-refractivity contribution is 6.31. The van der Waals surface area contributed by atoms with E-state index in [0.29, 0.717) is 5.69 Å². The molecule has 7 heteroatoms. The fraction of sp³-hybridized carbons (Fsp3) is 0.0952. The molecule has 3 N–H and O–H groups in total. The highest BCUT2D eigenvalue weighted by atomic mass is 16.5. The zero-order valence-electron chi connectivity index (χ0n) is 14.9. The number of carbonyl (C=O) groups is 3. The van der Waals surface area contributed by atoms with Crippen LogP contribution in [0, 0.1) is 0 Å². The Morgan fingerprint density at radius 2 is 1.64 bits per heavy atom. The highest BCUT2D eigenvalue weighted by Gasteiger charge is 2.40. The molecule has 1 aromatic heterocycles. The van der Waals surface area contributed by atoms with Gasteiger partial charge in [-0.15, -0.1) is 0 Å². The van der Waals surface area contributed by atoms with E-state index in [4.69, 9.17) is 10.5 Å². The molecule has 1 aliphatic carbocycles. The van der Waals surface area contributed by atoms with Crippen molar-refractivity contribution >= 4 is 23.4 Å². The first-order valence-electron chi connectivity index (χ1n) is 8.64. The van der Waals surface area contributed by atoms with Crippen LogP contribution in [0.4, 0.5) is 5.82 Å². The van der Waals surface area contributed by atoms with Crippen LogP contribution in [0.2, 0.25) is 0 Å². The Kier molecular flexibility index (Phi) is 4.00. The molecule has 0 atom stereocenters. The van der Waals surface area contributed by atoms with E-state index < -0.39 is 17.5 Å². The van der Waals surface area contributed by atoms with Gasteiger partial charge in [-0.25, -0.2) is 4.79 Å². The number of ether oxygens (including phenoxy) is 1. The number of nitrogen functional groups attached to an aromatic ring is 1. The third-order valence-corrected chi connectivity index (χ3v) is 4.65. The second-order valence-corrected chi connectivity index (χ2v) is 6.26. The normalized spacial score (nSPS) is 12.5. The number of phenolic OH excluding ortho intramolecular Hbond substituents is 1. The second kappa shape index (κ2) is 6.38. The topological polar surface area (TPSA) is 112 Å². The molecular weight excluding hydrogens is 360 g/mol. The van der Waals surface area contributed by atoms with E-state index in [9.17, 15) is 19.5 Å². The number of nitrogens with two attached hydrogens (primary N) is 1. The van der Waals surface area contributed by atoms with Gasteiger partial charge in [-0.1, -0.05) is 24.3 Å². The average Bonchev–Trinajstić information content (AvgIpc) is 3.00. The number of benzene rings is 2. The smallest absolute Gasteiger partial charge is 0.342 e. The zero-order valence-corrected chi connectivity index (χ0v) is 14.9. The average molecular weight is 376 g/mol. The fourth-order valence-corrected chi connectivity index (χ4v) is 3.45. The molecule has 28 heavy (non-hydrogen) atoms. The van der Waals surface area contributed by atoms with Crippen molar-refractivity contribution in [2.75, 3.05) is 12.3 Å². The van der Waals surface area contributed by atoms with Crippen molar-refractivity contribution in [2.24, 2.45) is 0 Å². The van der Waals surface area contributed by atoms with Crippen molar-refractivity contribution < 1.29 is 24.2 Å². The van der Waals surface area contributed by atoms with Crippen LogP contribution in [0.15, 0.2) is 48.5 Å². The number of anilines is 1. The van der Waals surface area contributed by atoms with E-state index in [0.717, 1.165) is 0 Å². The van der Waals surface area contributed by atoms with Gasteiger partial charge in [0, 0.05) is 16.8 Å². The number of ketones is 2. The number of fused-ring (bicyclic) bond motifs is 2. The first-order valence-corrected chi connectivity index (χ1v) is 8.64. The molecule has 1 aliphatic rings. The minimum absolute atomic E-state index is 0.00921. The number of phenols is 1. The molecule has 4 rings (SSSR count). The molecule has 0 amide bonds. The maximum Gasteiger partial charge on any atom is 0.342 e. The number of nitrogens with zero attached hydrogens (tertiary/aromatic N) is 1. The summed E-state index contributed by atoms with van der Waals surface area (Å²) in [6.45, 7) is 1.73. The standard InChI is InChI=1S/C21H16N2O5/c1-2-28-21(27)16-15-17(19(26)14-6-4-3-5-13(14)18(15)25)23(20(16)22)11-7-9-12(24)10-8-11/h3-10,24H,2,22H2,1H3. The third kappa shape index (κ3) is 2.40. The lowest BCUT2D eigenvalue weighted by atomic mass is 9.86. The number of esters is 1. The maximum absolute atomic E-state index is 13.2. The van der Waals surface area contributed by atoms with Gasteiger partial charge < -0.3 is 15.6 Å². The monoisotopic (exact) mass is 376 g/mol. The van der Waals surface area contributed by atoms with Gasteiger partial charge in [-0.3, -0.25) is 14.2 Å². The zero-order chi connectivity index (χ0) is 20.0. The summed E-state index contributed by atoms with van der Waals surface area (Å²) in [5.74, 6) is -1.68. The first-order chi connectivity index (χ1) is 13.5. The molecule has 0 bridgehead atoms. The number of hydrogen-bond acceptors (Lipinski definition) is 6. The van der Waals surface area contributed by atoms with Crippen molar-refractivity contribution in [2.45, 2.75) is 6.92 Å². The van der Waals surface area contributed by atoms with E-state index in [2.05, 4.69) is 0 Å². The third-order valence-electron chi connectivity index (χ3n) is 4.65. The molecular formula is C21H16N2O5. The van der Waals surface area contributed by atoms with E-state index in [1.165, 1.54) is 16.7 Å². The Balaban J connectivity index is 2.07. The number of aromatic nitrogens is 1. The Bertz CT molecular complexity index is 1140. The fourth-order valence-electron chi connectivity index (χ4n) is 3.45. The van der Waals surface area contributed by atoms with Crippen LogP contribution in [0.3, 0.4) is 0 Å². The minimum Gasteiger partial charge on any atom is -0.508 e.